The minimum absolute atomic E-state index is 0.0204. The molecule has 0 atom stereocenters. The third-order valence-electron chi connectivity index (χ3n) is 4.59. The molecule has 0 radical (unpaired) electrons. The van der Waals surface area contributed by atoms with Crippen LogP contribution in [0.3, 0.4) is 0 Å². The maximum absolute atomic E-state index is 14.0. The summed E-state index contributed by atoms with van der Waals surface area (Å²) in [6.07, 6.45) is 0. The molecule has 0 aliphatic heterocycles. The number of benzene rings is 3. The van der Waals surface area contributed by atoms with Crippen LogP contribution in [0.1, 0.15) is 45.7 Å². The van der Waals surface area contributed by atoms with Crippen LogP contribution < -0.4 is 10.6 Å². The molecule has 3 aromatic rings. The van der Waals surface area contributed by atoms with Crippen LogP contribution >= 0.6 is 23.2 Å². The van der Waals surface area contributed by atoms with Crippen LogP contribution in [0.15, 0.2) is 54.6 Å². The number of rotatable bonds is 6. The summed E-state index contributed by atoms with van der Waals surface area (Å²) in [6, 6.07) is 14.0. The van der Waals surface area contributed by atoms with Gasteiger partial charge in [0.2, 0.25) is 0 Å². The monoisotopic (exact) mass is 458 g/mol. The summed E-state index contributed by atoms with van der Waals surface area (Å²) in [6.45, 7) is 5.53. The lowest BCUT2D eigenvalue weighted by molar-refractivity contribution is 0.0943. The molecule has 3 aromatic carbocycles. The van der Waals surface area contributed by atoms with E-state index in [1.807, 2.05) is 13.8 Å². The largest absolute Gasteiger partial charge is 0.353 e. The zero-order valence-corrected chi connectivity index (χ0v) is 18.7. The molecule has 0 heterocycles. The van der Waals surface area contributed by atoms with E-state index in [0.29, 0.717) is 21.8 Å². The maximum atomic E-state index is 14.0. The minimum Gasteiger partial charge on any atom is -0.353 e. The molecule has 3 rings (SSSR count). The first kappa shape index (κ1) is 22.8. The average molecular weight is 459 g/mol. The molecule has 0 spiro atoms. The van der Waals surface area contributed by atoms with Crippen molar-refractivity contribution in [3.05, 3.63) is 92.7 Å². The standard InChI is InChI=1S/C24H21Cl2FN2O2/c1-13(2)28-24(31)15-5-4-14(3)19(10-15)23(30)18-8-7-17(12-20(18)26)29-22-9-6-16(25)11-21(22)27/h4-13,29H,1-3H3,(H,28,31). The molecule has 0 aliphatic rings. The predicted octanol–water partition coefficient (Wildman–Crippen LogP) is 6.55. The van der Waals surface area contributed by atoms with Gasteiger partial charge in [-0.3, -0.25) is 9.59 Å². The SMILES string of the molecule is Cc1ccc(C(=O)NC(C)C)cc1C(=O)c1ccc(Nc2ccc(Cl)cc2F)cc1Cl. The van der Waals surface area contributed by atoms with E-state index in [-0.39, 0.29) is 34.0 Å². The van der Waals surface area contributed by atoms with Crippen LogP contribution in [0, 0.1) is 12.7 Å². The van der Waals surface area contributed by atoms with Gasteiger partial charge >= 0.3 is 0 Å². The Morgan fingerprint density at radius 1 is 0.935 bits per heavy atom. The number of nitrogens with one attached hydrogen (secondary N) is 2. The lowest BCUT2D eigenvalue weighted by Gasteiger charge is -2.13. The first-order chi connectivity index (χ1) is 14.7. The molecule has 0 bridgehead atoms. The number of carbonyl (C=O) groups is 2. The van der Waals surface area contributed by atoms with E-state index in [0.717, 1.165) is 5.56 Å². The summed E-state index contributed by atoms with van der Waals surface area (Å²) in [7, 11) is 0. The van der Waals surface area contributed by atoms with Crippen molar-refractivity contribution in [3.8, 4) is 0 Å². The molecule has 160 valence electrons. The average Bonchev–Trinajstić information content (AvgIpc) is 2.69. The Morgan fingerprint density at radius 2 is 1.68 bits per heavy atom. The predicted molar refractivity (Wildman–Crippen MR) is 123 cm³/mol. The molecule has 0 aromatic heterocycles. The van der Waals surface area contributed by atoms with E-state index < -0.39 is 5.82 Å². The second kappa shape index (κ2) is 9.50. The van der Waals surface area contributed by atoms with Gasteiger partial charge in [-0.1, -0.05) is 29.3 Å². The molecule has 7 heteroatoms. The smallest absolute Gasteiger partial charge is 0.251 e. The molecular weight excluding hydrogens is 438 g/mol. The first-order valence-corrected chi connectivity index (χ1v) is 10.4. The molecular formula is C24H21Cl2FN2O2. The molecule has 0 saturated heterocycles. The lowest BCUT2D eigenvalue weighted by Crippen LogP contribution is -2.30. The van der Waals surface area contributed by atoms with Crippen LogP contribution in [0.25, 0.3) is 0 Å². The Labute approximate surface area is 190 Å². The van der Waals surface area contributed by atoms with Gasteiger partial charge in [-0.25, -0.2) is 4.39 Å². The van der Waals surface area contributed by atoms with E-state index in [9.17, 15) is 14.0 Å². The van der Waals surface area contributed by atoms with Gasteiger partial charge in [-0.2, -0.15) is 0 Å². The third kappa shape index (κ3) is 5.43. The highest BCUT2D eigenvalue weighted by Gasteiger charge is 2.18. The maximum Gasteiger partial charge on any atom is 0.251 e. The highest BCUT2D eigenvalue weighted by Crippen LogP contribution is 2.28. The fourth-order valence-electron chi connectivity index (χ4n) is 3.02. The molecule has 1 amide bonds. The number of ketones is 1. The molecule has 0 saturated carbocycles. The molecule has 0 fully saturated rings. The van der Waals surface area contributed by atoms with Crippen molar-refractivity contribution in [1.82, 2.24) is 5.32 Å². The van der Waals surface area contributed by atoms with Crippen molar-refractivity contribution >= 4 is 46.3 Å². The molecule has 4 nitrogen and oxygen atoms in total. The van der Waals surface area contributed by atoms with Gasteiger partial charge in [0.25, 0.3) is 5.91 Å². The topological polar surface area (TPSA) is 58.2 Å². The Bertz CT molecular complexity index is 1160. The van der Waals surface area contributed by atoms with Crippen LogP contribution in [0.5, 0.6) is 0 Å². The summed E-state index contributed by atoms with van der Waals surface area (Å²) in [5.41, 5.74) is 2.56. The highest BCUT2D eigenvalue weighted by atomic mass is 35.5. The zero-order valence-electron chi connectivity index (χ0n) is 17.2. The zero-order chi connectivity index (χ0) is 22.7. The van der Waals surface area contributed by atoms with E-state index in [4.69, 9.17) is 23.2 Å². The van der Waals surface area contributed by atoms with Gasteiger partial charge in [0.15, 0.2) is 5.78 Å². The van der Waals surface area contributed by atoms with Gasteiger partial charge in [0.05, 0.1) is 10.7 Å². The van der Waals surface area contributed by atoms with Crippen molar-refractivity contribution in [2.24, 2.45) is 0 Å². The molecule has 2 N–H and O–H groups in total. The Kier molecular flexibility index (Phi) is 6.98. The van der Waals surface area contributed by atoms with Crippen molar-refractivity contribution in [3.63, 3.8) is 0 Å². The van der Waals surface area contributed by atoms with Crippen molar-refractivity contribution < 1.29 is 14.0 Å². The van der Waals surface area contributed by atoms with Crippen LogP contribution in [-0.4, -0.2) is 17.7 Å². The van der Waals surface area contributed by atoms with E-state index in [2.05, 4.69) is 10.6 Å². The fraction of sp³-hybridized carbons (Fsp3) is 0.167. The van der Waals surface area contributed by atoms with E-state index in [1.165, 1.54) is 12.1 Å². The van der Waals surface area contributed by atoms with E-state index in [1.54, 1.807) is 49.4 Å². The van der Waals surface area contributed by atoms with Crippen molar-refractivity contribution in [2.75, 3.05) is 5.32 Å². The summed E-state index contributed by atoms with van der Waals surface area (Å²) in [5.74, 6) is -1.05. The van der Waals surface area contributed by atoms with Crippen LogP contribution in [0.2, 0.25) is 10.0 Å². The molecule has 0 aliphatic carbocycles. The number of halogens is 3. The van der Waals surface area contributed by atoms with Crippen LogP contribution in [-0.2, 0) is 0 Å². The summed E-state index contributed by atoms with van der Waals surface area (Å²) >= 11 is 12.1. The number of carbonyl (C=O) groups excluding carboxylic acids is 2. The van der Waals surface area contributed by atoms with E-state index >= 15 is 0 Å². The lowest BCUT2D eigenvalue weighted by atomic mass is 9.96. The first-order valence-electron chi connectivity index (χ1n) is 9.63. The third-order valence-corrected chi connectivity index (χ3v) is 5.14. The number of hydrogen-bond donors (Lipinski definition) is 2. The van der Waals surface area contributed by atoms with Gasteiger partial charge in [-0.05, 0) is 74.9 Å². The van der Waals surface area contributed by atoms with Gasteiger partial charge in [0, 0.05) is 33.4 Å². The highest BCUT2D eigenvalue weighted by molar-refractivity contribution is 6.35. The molecule has 31 heavy (non-hydrogen) atoms. The number of amides is 1. The van der Waals surface area contributed by atoms with Crippen molar-refractivity contribution in [1.29, 1.82) is 0 Å². The second-order valence-corrected chi connectivity index (χ2v) is 8.27. The summed E-state index contributed by atoms with van der Waals surface area (Å²) < 4.78 is 14.0. The van der Waals surface area contributed by atoms with Gasteiger partial charge in [-0.15, -0.1) is 0 Å². The second-order valence-electron chi connectivity index (χ2n) is 7.43. The summed E-state index contributed by atoms with van der Waals surface area (Å²) in [4.78, 5) is 25.5. The minimum atomic E-state index is -0.504. The number of aryl methyl sites for hydroxylation is 1. The Morgan fingerprint density at radius 3 is 2.32 bits per heavy atom. The van der Waals surface area contributed by atoms with Gasteiger partial charge < -0.3 is 10.6 Å². The number of anilines is 2. The quantitative estimate of drug-likeness (QED) is 0.411. The fourth-order valence-corrected chi connectivity index (χ4v) is 3.45. The Balaban J connectivity index is 1.88. The van der Waals surface area contributed by atoms with Gasteiger partial charge in [0.1, 0.15) is 5.82 Å². The normalized spacial score (nSPS) is 10.8. The molecule has 0 unspecified atom stereocenters. The number of hydrogen-bond acceptors (Lipinski definition) is 3. The Hall–Kier alpha value is -2.89. The van der Waals surface area contributed by atoms with Crippen molar-refractivity contribution in [2.45, 2.75) is 26.8 Å². The van der Waals surface area contributed by atoms with Crippen LogP contribution in [0.4, 0.5) is 15.8 Å². The summed E-state index contributed by atoms with van der Waals surface area (Å²) in [5, 5.41) is 6.23.